The molecule has 5 N–H and O–H groups in total. The molecule has 0 saturated carbocycles. The van der Waals surface area contributed by atoms with Gasteiger partial charge in [0.15, 0.2) is 0 Å². The van der Waals surface area contributed by atoms with E-state index in [9.17, 15) is 0 Å². The summed E-state index contributed by atoms with van der Waals surface area (Å²) in [6.45, 7) is 1.33. The fraction of sp³-hybridized carbons (Fsp3) is 1.00. The summed E-state index contributed by atoms with van der Waals surface area (Å²) in [7, 11) is 0. The molecule has 5 nitrogen and oxygen atoms in total. The molecule has 1 radical (unpaired) electrons. The van der Waals surface area contributed by atoms with Gasteiger partial charge < -0.3 is 41.3 Å². The normalized spacial score (nSPS) is 6.92. The Morgan fingerprint density at radius 3 is 0.769 bits per heavy atom. The third-order valence-corrected chi connectivity index (χ3v) is 0.556. The van der Waals surface area contributed by atoms with Gasteiger partial charge in [0.25, 0.3) is 0 Å². The largest absolute Gasteiger partial charge is 0.794 e. The van der Waals surface area contributed by atoms with E-state index in [1.54, 1.807) is 0 Å². The predicted molar refractivity (Wildman–Crippen MR) is 58.2 cm³/mol. The van der Waals surface area contributed by atoms with Crippen LogP contribution in [-0.4, -0.2) is 38.5 Å². The first-order chi connectivity index (χ1) is 5.74. The van der Waals surface area contributed by atoms with Crippen LogP contribution in [0.2, 0.25) is 0 Å². The fourth-order valence-electron chi connectivity index (χ4n) is 0. The Morgan fingerprint density at radius 1 is 0.615 bits per heavy atom. The maximum absolute atomic E-state index is 6.35. The van der Waals surface area contributed by atoms with Crippen LogP contribution in [-0.2, 0) is 29.4 Å². The molecule has 7 heteroatoms. The zero-order valence-corrected chi connectivity index (χ0v) is 9.34. The monoisotopic (exact) mass is 250 g/mol. The smallest absolute Gasteiger partial charge is 0 e. The molecule has 0 amide bonds. The fourth-order valence-corrected chi connectivity index (χ4v) is 0. The first-order valence-corrected chi connectivity index (χ1v) is 4.13. The zero-order chi connectivity index (χ0) is 10.2. The first-order valence-electron chi connectivity index (χ1n) is 3.56. The van der Waals surface area contributed by atoms with Crippen molar-refractivity contribution in [3.8, 4) is 0 Å². The van der Waals surface area contributed by atoms with Crippen molar-refractivity contribution in [1.82, 2.24) is 0 Å². The van der Waals surface area contributed by atoms with Gasteiger partial charge in [-0.1, -0.05) is 0 Å². The van der Waals surface area contributed by atoms with Crippen LogP contribution < -0.4 is 0 Å². The van der Waals surface area contributed by atoms with Gasteiger partial charge >= 0.3 is 0 Å². The zero-order valence-electron chi connectivity index (χ0n) is 7.48. The first kappa shape index (κ1) is 23.5. The van der Waals surface area contributed by atoms with Crippen molar-refractivity contribution < 1.29 is 16.8 Å². The van der Waals surface area contributed by atoms with E-state index in [4.69, 9.17) is 28.7 Å². The van der Waals surface area contributed by atoms with E-state index in [0.29, 0.717) is 12.3 Å². The van der Waals surface area contributed by atoms with E-state index in [1.165, 1.54) is 0 Å². The summed E-state index contributed by atoms with van der Waals surface area (Å²) >= 11 is 4.37. The van der Waals surface area contributed by atoms with Crippen molar-refractivity contribution in [2.45, 2.75) is 0 Å². The molecule has 0 unspecified atom stereocenters. The van der Waals surface area contributed by atoms with Gasteiger partial charge in [-0.3, -0.25) is 0 Å². The average molecular weight is 250 g/mol. The van der Waals surface area contributed by atoms with E-state index in [2.05, 4.69) is 12.6 Å². The second-order valence-corrected chi connectivity index (χ2v) is 1.86. The maximum Gasteiger partial charge on any atom is 0 e. The third kappa shape index (κ3) is 108. The maximum atomic E-state index is 6.35. The van der Waals surface area contributed by atoms with Crippen molar-refractivity contribution in [2.75, 3.05) is 38.5 Å². The van der Waals surface area contributed by atoms with Crippen molar-refractivity contribution >= 4 is 12.6 Å². The van der Waals surface area contributed by atoms with Gasteiger partial charge in [0.1, 0.15) is 0 Å². The van der Waals surface area contributed by atoms with Crippen LogP contribution in [0.5, 0.6) is 0 Å². The molecule has 87 valence electrons. The Labute approximate surface area is 96.8 Å². The van der Waals surface area contributed by atoms with E-state index >= 15 is 0 Å². The molecule has 0 bridgehead atoms. The SMILES string of the molecule is [Co].[NH-]CC[NH-].[NH-]CC[NH-].[NH-]CC[S-]. The molecule has 0 aromatic heterocycles. The van der Waals surface area contributed by atoms with Gasteiger partial charge in [-0.15, -0.1) is 0 Å². The number of hydrogen-bond donors (Lipinski definition) is 0. The average Bonchev–Trinajstić information content (AvgIpc) is 2.18. The van der Waals surface area contributed by atoms with Crippen molar-refractivity contribution in [2.24, 2.45) is 0 Å². The summed E-state index contributed by atoms with van der Waals surface area (Å²) in [6.07, 6.45) is 0. The molecule has 0 aliphatic heterocycles. The molecule has 0 aliphatic rings. The molecular weight excluding hydrogens is 233 g/mol. The number of nitrogens with one attached hydrogen (secondary N) is 5. The van der Waals surface area contributed by atoms with Crippen LogP contribution in [0.15, 0.2) is 0 Å². The van der Waals surface area contributed by atoms with Crippen LogP contribution >= 0.6 is 0 Å². The summed E-state index contributed by atoms with van der Waals surface area (Å²) in [6, 6.07) is 0. The molecule has 0 spiro atoms. The molecule has 13 heavy (non-hydrogen) atoms. The van der Waals surface area contributed by atoms with Gasteiger partial charge in [0.2, 0.25) is 0 Å². The van der Waals surface area contributed by atoms with Crippen molar-refractivity contribution in [1.29, 1.82) is 0 Å². The Bertz CT molecular complexity index is 36.5. The number of hydrogen-bond acceptors (Lipinski definition) is 1. The van der Waals surface area contributed by atoms with Crippen molar-refractivity contribution in [3.63, 3.8) is 0 Å². The van der Waals surface area contributed by atoms with E-state index < -0.39 is 0 Å². The summed E-state index contributed by atoms with van der Waals surface area (Å²) in [4.78, 5) is 0. The second-order valence-electron chi connectivity index (χ2n) is 1.45. The molecular formula is C6H17CoN5S-6. The minimum atomic E-state index is 0. The Balaban J connectivity index is -0.0000000450. The van der Waals surface area contributed by atoms with Gasteiger partial charge in [0, 0.05) is 16.8 Å². The molecule has 0 aromatic rings. The minimum Gasteiger partial charge on any atom is -0.794 e. The quantitative estimate of drug-likeness (QED) is 0.703. The Morgan fingerprint density at radius 2 is 0.769 bits per heavy atom. The van der Waals surface area contributed by atoms with Gasteiger partial charge in [-0.05, 0) is 0 Å². The van der Waals surface area contributed by atoms with Crippen molar-refractivity contribution in [3.05, 3.63) is 28.7 Å². The third-order valence-electron chi connectivity index (χ3n) is 0.352. The molecule has 0 fully saturated rings. The minimum absolute atomic E-state index is 0. The standard InChI is InChI=1S/2C2H6N2.C2H6NS.Co/c3*3-1-2-4;/h3*3-4H,1-2H2;/q2*-2;-1;/p-1. The topological polar surface area (TPSA) is 119 Å². The Hall–Kier alpha value is 0.656. The van der Waals surface area contributed by atoms with E-state index in [1.807, 2.05) is 0 Å². The molecule has 0 atom stereocenters. The predicted octanol–water partition coefficient (Wildman–Crippen LogP) is 2.76. The van der Waals surface area contributed by atoms with Crippen LogP contribution in [0.3, 0.4) is 0 Å². The van der Waals surface area contributed by atoms with E-state index in [0.717, 1.165) is 0 Å². The van der Waals surface area contributed by atoms with Crippen LogP contribution in [0.1, 0.15) is 0 Å². The second kappa shape index (κ2) is 38.8. The van der Waals surface area contributed by atoms with E-state index in [-0.39, 0.29) is 43.0 Å². The number of rotatable bonds is 3. The van der Waals surface area contributed by atoms with Gasteiger partial charge in [0.05, 0.1) is 0 Å². The van der Waals surface area contributed by atoms with Crippen LogP contribution in [0, 0.1) is 0 Å². The summed E-state index contributed by atoms with van der Waals surface area (Å²) in [5, 5.41) is 0. The molecule has 0 aliphatic carbocycles. The van der Waals surface area contributed by atoms with Gasteiger partial charge in [-0.25, -0.2) is 0 Å². The molecule has 0 aromatic carbocycles. The summed E-state index contributed by atoms with van der Waals surface area (Å²) in [5.41, 5.74) is 31.4. The molecule has 0 saturated heterocycles. The summed E-state index contributed by atoms with van der Waals surface area (Å²) < 4.78 is 0. The van der Waals surface area contributed by atoms with Crippen LogP contribution in [0.25, 0.3) is 28.7 Å². The molecule has 0 heterocycles. The summed E-state index contributed by atoms with van der Waals surface area (Å²) in [5.74, 6) is 0.569. The van der Waals surface area contributed by atoms with Crippen LogP contribution in [0.4, 0.5) is 0 Å². The molecule has 0 rings (SSSR count). The van der Waals surface area contributed by atoms with Gasteiger partial charge in [-0.2, -0.15) is 38.5 Å². The Kier molecular flexibility index (Phi) is 70.0.